The Labute approximate surface area is 123 Å². The van der Waals surface area contributed by atoms with Gasteiger partial charge in [0, 0.05) is 24.7 Å². The summed E-state index contributed by atoms with van der Waals surface area (Å²) >= 11 is 5.68. The molecule has 0 saturated carbocycles. The predicted octanol–water partition coefficient (Wildman–Crippen LogP) is 3.17. The van der Waals surface area contributed by atoms with Gasteiger partial charge in [-0.2, -0.15) is 13.2 Å². The second kappa shape index (κ2) is 5.81. The molecule has 2 rings (SSSR count). The zero-order valence-corrected chi connectivity index (χ0v) is 11.5. The number of rotatable bonds is 3. The van der Waals surface area contributed by atoms with Crippen molar-refractivity contribution < 1.29 is 27.5 Å². The second-order valence-electron chi connectivity index (χ2n) is 5.06. The maximum absolute atomic E-state index is 13.2. The quantitative estimate of drug-likeness (QED) is 0.868. The van der Waals surface area contributed by atoms with Crippen LogP contribution >= 0.6 is 11.6 Å². The van der Waals surface area contributed by atoms with Crippen LogP contribution in [0.5, 0.6) is 0 Å². The zero-order valence-electron chi connectivity index (χ0n) is 10.7. The van der Waals surface area contributed by atoms with Gasteiger partial charge in [0.15, 0.2) is 0 Å². The van der Waals surface area contributed by atoms with Crippen molar-refractivity contribution in [2.75, 3.05) is 13.1 Å². The molecule has 0 spiro atoms. The lowest BCUT2D eigenvalue weighted by molar-refractivity contribution is -0.188. The van der Waals surface area contributed by atoms with Gasteiger partial charge in [-0.15, -0.1) is 0 Å². The average Bonchev–Trinajstić information content (AvgIpc) is 2.71. The summed E-state index contributed by atoms with van der Waals surface area (Å²) < 4.78 is 51.7. The number of carboxylic acids is 1. The molecule has 0 bridgehead atoms. The van der Waals surface area contributed by atoms with Crippen LogP contribution in [-0.2, 0) is 11.3 Å². The van der Waals surface area contributed by atoms with Crippen molar-refractivity contribution in [2.45, 2.75) is 12.7 Å². The second-order valence-corrected chi connectivity index (χ2v) is 5.50. The minimum atomic E-state index is -4.57. The number of alkyl halides is 3. The number of hydrogen-bond donors (Lipinski definition) is 1. The number of carbonyl (C=O) groups is 1. The fourth-order valence-corrected chi connectivity index (χ4v) is 2.80. The van der Waals surface area contributed by atoms with Crippen molar-refractivity contribution in [2.24, 2.45) is 11.8 Å². The normalized spacial score (nSPS) is 23.5. The van der Waals surface area contributed by atoms with Crippen LogP contribution in [0.2, 0.25) is 5.02 Å². The van der Waals surface area contributed by atoms with Crippen LogP contribution in [0.4, 0.5) is 17.6 Å². The number of nitrogens with zero attached hydrogens (tertiary/aromatic N) is 1. The van der Waals surface area contributed by atoms with Crippen molar-refractivity contribution >= 4 is 17.6 Å². The van der Waals surface area contributed by atoms with E-state index in [4.69, 9.17) is 16.7 Å². The minimum absolute atomic E-state index is 0.0217. The SMILES string of the molecule is O=C(O)[C@@H]1CN(Cc2cc(F)cc(Cl)c2)C[C@H]1C(F)(F)F. The van der Waals surface area contributed by atoms with Crippen LogP contribution in [0.25, 0.3) is 0 Å². The highest BCUT2D eigenvalue weighted by Crippen LogP contribution is 2.38. The average molecular weight is 326 g/mol. The standard InChI is InChI=1S/C13H12ClF4NO2/c14-8-1-7(2-9(15)3-8)4-19-5-10(12(20)21)11(6-19)13(16,17)18/h1-3,10-11H,4-6H2,(H,20,21)/t10-,11-/m1/s1. The van der Waals surface area contributed by atoms with Gasteiger partial charge in [-0.3, -0.25) is 9.69 Å². The molecule has 116 valence electrons. The highest BCUT2D eigenvalue weighted by molar-refractivity contribution is 6.30. The van der Waals surface area contributed by atoms with Gasteiger partial charge in [-0.05, 0) is 23.8 Å². The van der Waals surface area contributed by atoms with E-state index in [2.05, 4.69) is 0 Å². The van der Waals surface area contributed by atoms with E-state index in [9.17, 15) is 22.4 Å². The molecule has 21 heavy (non-hydrogen) atoms. The molecule has 1 heterocycles. The van der Waals surface area contributed by atoms with Gasteiger partial charge < -0.3 is 5.11 Å². The third-order valence-electron chi connectivity index (χ3n) is 3.46. The monoisotopic (exact) mass is 325 g/mol. The summed E-state index contributed by atoms with van der Waals surface area (Å²) in [5, 5.41) is 9.06. The van der Waals surface area contributed by atoms with Crippen LogP contribution in [0, 0.1) is 17.7 Å². The lowest BCUT2D eigenvalue weighted by Gasteiger charge is -2.18. The molecule has 0 amide bonds. The molecule has 0 aromatic heterocycles. The Morgan fingerprint density at radius 1 is 1.33 bits per heavy atom. The molecular formula is C13H12ClF4NO2. The van der Waals surface area contributed by atoms with Crippen LogP contribution in [-0.4, -0.2) is 35.2 Å². The van der Waals surface area contributed by atoms with Crippen molar-refractivity contribution in [1.82, 2.24) is 4.90 Å². The first-order valence-electron chi connectivity index (χ1n) is 6.13. The van der Waals surface area contributed by atoms with Crippen LogP contribution in [0.1, 0.15) is 5.56 Å². The van der Waals surface area contributed by atoms with Gasteiger partial charge in [0.1, 0.15) is 5.82 Å². The zero-order chi connectivity index (χ0) is 15.8. The van der Waals surface area contributed by atoms with E-state index in [1.807, 2.05) is 0 Å². The summed E-state index contributed by atoms with van der Waals surface area (Å²) in [6.07, 6.45) is -4.57. The number of carboxylic acid groups (broad SMARTS) is 1. The topological polar surface area (TPSA) is 40.5 Å². The molecule has 1 aromatic rings. The lowest BCUT2D eigenvalue weighted by Crippen LogP contribution is -2.33. The third-order valence-corrected chi connectivity index (χ3v) is 3.68. The van der Waals surface area contributed by atoms with Gasteiger partial charge >= 0.3 is 12.1 Å². The smallest absolute Gasteiger partial charge is 0.393 e. The number of halogens is 5. The summed E-state index contributed by atoms with van der Waals surface area (Å²) in [6.45, 7) is -0.629. The number of benzene rings is 1. The molecule has 0 aliphatic carbocycles. The van der Waals surface area contributed by atoms with Gasteiger partial charge in [0.25, 0.3) is 0 Å². The van der Waals surface area contributed by atoms with E-state index in [1.54, 1.807) is 0 Å². The first-order valence-corrected chi connectivity index (χ1v) is 6.51. The first-order chi connectivity index (χ1) is 9.66. The lowest BCUT2D eigenvalue weighted by atomic mass is 9.96. The molecule has 1 saturated heterocycles. The molecular weight excluding hydrogens is 314 g/mol. The molecule has 0 radical (unpaired) electrons. The number of aliphatic carboxylic acids is 1. The molecule has 1 aliphatic rings. The molecule has 1 N–H and O–H groups in total. The minimum Gasteiger partial charge on any atom is -0.481 e. The molecule has 1 aliphatic heterocycles. The summed E-state index contributed by atoms with van der Waals surface area (Å²) in [5.41, 5.74) is 0.409. The van der Waals surface area contributed by atoms with E-state index in [-0.39, 0.29) is 18.1 Å². The highest BCUT2D eigenvalue weighted by Gasteiger charge is 2.52. The maximum Gasteiger partial charge on any atom is 0.393 e. The Kier molecular flexibility index (Phi) is 4.43. The number of hydrogen-bond acceptors (Lipinski definition) is 2. The van der Waals surface area contributed by atoms with Crippen molar-refractivity contribution in [3.63, 3.8) is 0 Å². The Bertz CT molecular complexity index is 529. The third kappa shape index (κ3) is 3.85. The summed E-state index contributed by atoms with van der Waals surface area (Å²) in [4.78, 5) is 12.3. The molecule has 1 fully saturated rings. The van der Waals surface area contributed by atoms with E-state index >= 15 is 0 Å². The Hall–Kier alpha value is -1.34. The highest BCUT2D eigenvalue weighted by atomic mass is 35.5. The fourth-order valence-electron chi connectivity index (χ4n) is 2.56. The maximum atomic E-state index is 13.2. The Balaban J connectivity index is 2.14. The van der Waals surface area contributed by atoms with Gasteiger partial charge in [-0.25, -0.2) is 4.39 Å². The van der Waals surface area contributed by atoms with E-state index < -0.39 is 36.3 Å². The summed E-state index contributed by atoms with van der Waals surface area (Å²) in [5.74, 6) is -5.48. The largest absolute Gasteiger partial charge is 0.481 e. The van der Waals surface area contributed by atoms with Gasteiger partial charge in [0.05, 0.1) is 11.8 Å². The molecule has 0 unspecified atom stereocenters. The molecule has 2 atom stereocenters. The van der Waals surface area contributed by atoms with E-state index in [1.165, 1.54) is 17.0 Å². The van der Waals surface area contributed by atoms with E-state index in [0.29, 0.717) is 5.56 Å². The number of likely N-dealkylation sites (tertiary alicyclic amines) is 1. The van der Waals surface area contributed by atoms with Gasteiger partial charge in [-0.1, -0.05) is 11.6 Å². The van der Waals surface area contributed by atoms with Crippen LogP contribution < -0.4 is 0 Å². The molecule has 8 heteroatoms. The predicted molar refractivity (Wildman–Crippen MR) is 67.4 cm³/mol. The Morgan fingerprint density at radius 3 is 2.48 bits per heavy atom. The summed E-state index contributed by atoms with van der Waals surface area (Å²) in [6, 6.07) is 3.71. The summed E-state index contributed by atoms with van der Waals surface area (Å²) in [7, 11) is 0. The van der Waals surface area contributed by atoms with Crippen molar-refractivity contribution in [3.05, 3.63) is 34.6 Å². The van der Waals surface area contributed by atoms with E-state index in [0.717, 1.165) is 6.07 Å². The van der Waals surface area contributed by atoms with Crippen LogP contribution in [0.3, 0.4) is 0 Å². The Morgan fingerprint density at radius 2 is 2.00 bits per heavy atom. The first kappa shape index (κ1) is 16.0. The van der Waals surface area contributed by atoms with Crippen molar-refractivity contribution in [3.8, 4) is 0 Å². The molecule has 3 nitrogen and oxygen atoms in total. The fraction of sp³-hybridized carbons (Fsp3) is 0.462. The molecule has 1 aromatic carbocycles. The van der Waals surface area contributed by atoms with Gasteiger partial charge in [0.2, 0.25) is 0 Å². The van der Waals surface area contributed by atoms with Crippen LogP contribution in [0.15, 0.2) is 18.2 Å². The van der Waals surface area contributed by atoms with Crippen molar-refractivity contribution in [1.29, 1.82) is 0 Å².